The molecule has 4 aromatic rings. The van der Waals surface area contributed by atoms with Crippen LogP contribution in [0.25, 0.3) is 22.4 Å². The van der Waals surface area contributed by atoms with Crippen molar-refractivity contribution >= 4 is 23.5 Å². The zero-order chi connectivity index (χ0) is 38.7. The summed E-state index contributed by atoms with van der Waals surface area (Å²) < 4.78 is 60.5. The molecule has 0 radical (unpaired) electrons. The Morgan fingerprint density at radius 3 is 2.35 bits per heavy atom. The number of benzene rings is 2. The number of nitrogens with one attached hydrogen (secondary N) is 2. The molecule has 2 aromatic carbocycles. The first kappa shape index (κ1) is 37.0. The minimum atomic E-state index is -4.80. The maximum absolute atomic E-state index is 14.5. The number of hydrogen-bond acceptors (Lipinski definition) is 9. The van der Waals surface area contributed by atoms with Crippen molar-refractivity contribution in [1.29, 1.82) is 0 Å². The van der Waals surface area contributed by atoms with Gasteiger partial charge in [-0.2, -0.15) is 18.2 Å². The van der Waals surface area contributed by atoms with Gasteiger partial charge in [0.1, 0.15) is 17.2 Å². The molecule has 15 heteroatoms. The van der Waals surface area contributed by atoms with E-state index in [0.717, 1.165) is 53.4 Å². The van der Waals surface area contributed by atoms with Gasteiger partial charge in [0, 0.05) is 54.9 Å². The zero-order valence-corrected chi connectivity index (χ0v) is 30.9. The number of nitrogens with zero attached hydrogens (tertiary/aromatic N) is 3. The van der Waals surface area contributed by atoms with Crippen LogP contribution in [0, 0.1) is 0 Å². The number of pyridine rings is 2. The van der Waals surface area contributed by atoms with Gasteiger partial charge in [0.05, 0.1) is 30.5 Å². The van der Waals surface area contributed by atoms with Crippen LogP contribution in [0.1, 0.15) is 66.0 Å². The maximum atomic E-state index is 14.5. The van der Waals surface area contributed by atoms with Crippen molar-refractivity contribution in [2.45, 2.75) is 75.0 Å². The highest BCUT2D eigenvalue weighted by atomic mass is 35.5. The number of fused-ring (bicyclic) bond motifs is 1. The molecule has 2 saturated heterocycles. The number of rotatable bonds is 12. The second kappa shape index (κ2) is 14.0. The standard InChI is InChI=1S/C40H39ClF3N5O6/c1-53-34-22(19-49-20-38(21-49)14-13-32(50)48-38)9-11-30(46-34)28-8-4-7-27(33(28)41)24-5-3-6-26-25(24)10-12-31(26)55-36-29(40(42,43)44)17-23(35(47-36)54-2)18-45-39(15-16-39)37(51)52/h3-9,11,17,31,45H,10,12-16,18-21H2,1-2H3,(H,48,50)(H,51,52)/t31-/m0/s1. The number of ether oxygens (including phenoxy) is 3. The van der Waals surface area contributed by atoms with Gasteiger partial charge in [0.15, 0.2) is 0 Å². The molecule has 2 aliphatic heterocycles. The molecule has 2 aliphatic carbocycles. The van der Waals surface area contributed by atoms with Gasteiger partial charge >= 0.3 is 12.1 Å². The average Bonchev–Trinajstić information content (AvgIpc) is 3.70. The second-order valence-corrected chi connectivity index (χ2v) is 15.2. The fourth-order valence-electron chi connectivity index (χ4n) is 8.13. The molecule has 4 aliphatic rings. The van der Waals surface area contributed by atoms with Crippen molar-refractivity contribution in [3.63, 3.8) is 0 Å². The normalized spacial score (nSPS) is 19.5. The van der Waals surface area contributed by atoms with E-state index in [-0.39, 0.29) is 29.4 Å². The molecule has 4 heterocycles. The lowest BCUT2D eigenvalue weighted by atomic mass is 9.88. The zero-order valence-electron chi connectivity index (χ0n) is 30.2. The smallest absolute Gasteiger partial charge is 0.421 e. The van der Waals surface area contributed by atoms with Gasteiger partial charge in [-0.25, -0.2) is 4.98 Å². The van der Waals surface area contributed by atoms with E-state index in [0.29, 0.717) is 60.8 Å². The van der Waals surface area contributed by atoms with E-state index >= 15 is 0 Å². The van der Waals surface area contributed by atoms with Crippen molar-refractivity contribution in [2.24, 2.45) is 0 Å². The van der Waals surface area contributed by atoms with Crippen LogP contribution in [-0.2, 0) is 35.3 Å². The Hall–Kier alpha value is -4.92. The molecule has 0 unspecified atom stereocenters. The first-order valence-corrected chi connectivity index (χ1v) is 18.5. The number of carbonyl (C=O) groups is 2. The minimum Gasteiger partial charge on any atom is -0.481 e. The number of likely N-dealkylation sites (tertiary alicyclic amines) is 1. The summed E-state index contributed by atoms with van der Waals surface area (Å²) in [5.74, 6) is -1.16. The molecular weight excluding hydrogens is 739 g/mol. The molecule has 1 amide bonds. The molecule has 1 saturated carbocycles. The highest BCUT2D eigenvalue weighted by Crippen LogP contribution is 2.46. The van der Waals surface area contributed by atoms with E-state index in [9.17, 15) is 27.9 Å². The number of aromatic nitrogens is 2. The van der Waals surface area contributed by atoms with Gasteiger partial charge in [-0.05, 0) is 60.9 Å². The third-order valence-corrected chi connectivity index (χ3v) is 11.6. The second-order valence-electron chi connectivity index (χ2n) is 14.8. The van der Waals surface area contributed by atoms with Crippen LogP contribution in [0.2, 0.25) is 5.02 Å². The van der Waals surface area contributed by atoms with Gasteiger partial charge in [-0.1, -0.05) is 54.1 Å². The molecule has 11 nitrogen and oxygen atoms in total. The van der Waals surface area contributed by atoms with Crippen LogP contribution in [0.4, 0.5) is 13.2 Å². The number of carboxylic acids is 1. The molecular formula is C40H39ClF3N5O6. The lowest BCUT2D eigenvalue weighted by molar-refractivity contribution is -0.141. The summed E-state index contributed by atoms with van der Waals surface area (Å²) in [4.78, 5) is 34.6. The predicted molar refractivity (Wildman–Crippen MR) is 196 cm³/mol. The van der Waals surface area contributed by atoms with Gasteiger partial charge in [0.25, 0.3) is 0 Å². The summed E-state index contributed by atoms with van der Waals surface area (Å²) in [7, 11) is 2.87. The van der Waals surface area contributed by atoms with Crippen LogP contribution in [0.5, 0.6) is 17.6 Å². The fourth-order valence-corrected chi connectivity index (χ4v) is 8.45. The maximum Gasteiger partial charge on any atom is 0.421 e. The van der Waals surface area contributed by atoms with Gasteiger partial charge in [-0.3, -0.25) is 19.8 Å². The SMILES string of the molecule is COc1nc(-c2cccc(-c3cccc4c3CC[C@@H]4Oc3nc(OC)c(CNC4(C(=O)O)CC4)cc3C(F)(F)F)c2Cl)ccc1CN1CC2(CCC(=O)N2)C1. The van der Waals surface area contributed by atoms with Crippen molar-refractivity contribution in [2.75, 3.05) is 27.3 Å². The largest absolute Gasteiger partial charge is 0.481 e. The summed E-state index contributed by atoms with van der Waals surface area (Å²) in [6.07, 6.45) is -2.43. The summed E-state index contributed by atoms with van der Waals surface area (Å²) in [6, 6.07) is 16.1. The van der Waals surface area contributed by atoms with Crippen molar-refractivity contribution in [1.82, 2.24) is 25.5 Å². The fraction of sp³-hybridized carbons (Fsp3) is 0.400. The van der Waals surface area contributed by atoms with E-state index in [1.54, 1.807) is 7.11 Å². The van der Waals surface area contributed by atoms with E-state index < -0.39 is 35.2 Å². The topological polar surface area (TPSA) is 135 Å². The number of amides is 1. The van der Waals surface area contributed by atoms with Crippen LogP contribution in [0.3, 0.4) is 0 Å². The summed E-state index contributed by atoms with van der Waals surface area (Å²) >= 11 is 7.13. The van der Waals surface area contributed by atoms with E-state index in [4.69, 9.17) is 30.8 Å². The lowest BCUT2D eigenvalue weighted by Gasteiger charge is -2.48. The summed E-state index contributed by atoms with van der Waals surface area (Å²) in [6.45, 7) is 2.01. The van der Waals surface area contributed by atoms with Gasteiger partial charge in [0.2, 0.25) is 23.5 Å². The number of methoxy groups -OCH3 is 2. The van der Waals surface area contributed by atoms with E-state index in [1.807, 2.05) is 48.5 Å². The van der Waals surface area contributed by atoms with Crippen molar-refractivity contribution in [3.8, 4) is 40.0 Å². The minimum absolute atomic E-state index is 0.0738. The Bertz CT molecular complexity index is 2190. The number of aliphatic carboxylic acids is 1. The molecule has 288 valence electrons. The number of carbonyl (C=O) groups excluding carboxylic acids is 1. The number of alkyl halides is 3. The molecule has 0 bridgehead atoms. The predicted octanol–water partition coefficient (Wildman–Crippen LogP) is 6.74. The van der Waals surface area contributed by atoms with Crippen LogP contribution < -0.4 is 24.8 Å². The molecule has 8 rings (SSSR count). The average molecular weight is 778 g/mol. The highest BCUT2D eigenvalue weighted by molar-refractivity contribution is 6.36. The highest BCUT2D eigenvalue weighted by Gasteiger charge is 2.50. The number of hydrogen-bond donors (Lipinski definition) is 3. The number of halogens is 4. The Balaban J connectivity index is 1.04. The molecule has 3 N–H and O–H groups in total. The van der Waals surface area contributed by atoms with E-state index in [2.05, 4.69) is 20.5 Å². The van der Waals surface area contributed by atoms with Crippen LogP contribution in [-0.4, -0.2) is 70.2 Å². The molecule has 2 aromatic heterocycles. The van der Waals surface area contributed by atoms with E-state index in [1.165, 1.54) is 7.11 Å². The van der Waals surface area contributed by atoms with Crippen LogP contribution >= 0.6 is 11.6 Å². The molecule has 1 atom stereocenters. The van der Waals surface area contributed by atoms with Crippen molar-refractivity contribution < 1.29 is 42.1 Å². The third kappa shape index (κ3) is 6.95. The summed E-state index contributed by atoms with van der Waals surface area (Å²) in [5, 5.41) is 15.9. The Labute approximate surface area is 320 Å². The third-order valence-electron chi connectivity index (χ3n) is 11.2. The Morgan fingerprint density at radius 1 is 0.964 bits per heavy atom. The molecule has 55 heavy (non-hydrogen) atoms. The monoisotopic (exact) mass is 777 g/mol. The van der Waals surface area contributed by atoms with Gasteiger partial charge < -0.3 is 24.6 Å². The van der Waals surface area contributed by atoms with Crippen LogP contribution in [0.15, 0.2) is 54.6 Å². The van der Waals surface area contributed by atoms with Gasteiger partial charge in [-0.15, -0.1) is 0 Å². The Morgan fingerprint density at radius 2 is 1.67 bits per heavy atom. The first-order valence-electron chi connectivity index (χ1n) is 18.1. The quantitative estimate of drug-likeness (QED) is 0.142. The number of carboxylic acid groups (broad SMARTS) is 1. The lowest BCUT2D eigenvalue weighted by Crippen LogP contribution is -2.66. The molecule has 3 fully saturated rings. The Kier molecular flexibility index (Phi) is 9.41. The first-order chi connectivity index (χ1) is 26.3. The van der Waals surface area contributed by atoms with Crippen molar-refractivity contribution in [3.05, 3.63) is 87.4 Å². The molecule has 1 spiro atoms. The summed E-state index contributed by atoms with van der Waals surface area (Å²) in [5.41, 5.74) is 3.17.